The maximum Gasteiger partial charge on any atom is 0.306 e. The van der Waals surface area contributed by atoms with E-state index in [4.69, 9.17) is 16.7 Å². The average molecular weight is 311 g/mol. The van der Waals surface area contributed by atoms with Crippen LogP contribution >= 0.6 is 11.6 Å². The summed E-state index contributed by atoms with van der Waals surface area (Å²) >= 11 is 6.16. The molecule has 1 amide bonds. The Bertz CT molecular complexity index is 560. The first-order chi connectivity index (χ1) is 9.88. The van der Waals surface area contributed by atoms with E-state index in [0.717, 1.165) is 5.69 Å². The van der Waals surface area contributed by atoms with E-state index in [9.17, 15) is 9.59 Å². The van der Waals surface area contributed by atoms with Gasteiger partial charge in [-0.15, -0.1) is 0 Å². The highest BCUT2D eigenvalue weighted by Crippen LogP contribution is 2.33. The van der Waals surface area contributed by atoms with Crippen LogP contribution in [0.15, 0.2) is 18.2 Å². The van der Waals surface area contributed by atoms with E-state index >= 15 is 0 Å². The Hall–Kier alpha value is -1.75. The second-order valence-electron chi connectivity index (χ2n) is 5.60. The van der Waals surface area contributed by atoms with Crippen molar-refractivity contribution in [2.75, 3.05) is 24.3 Å². The highest BCUT2D eigenvalue weighted by atomic mass is 35.5. The number of carbonyl (C=O) groups excluding carboxylic acids is 1. The molecule has 0 saturated heterocycles. The minimum absolute atomic E-state index is 0.132. The van der Waals surface area contributed by atoms with Gasteiger partial charge in [0.1, 0.15) is 0 Å². The number of carbonyl (C=O) groups is 2. The van der Waals surface area contributed by atoms with Crippen LogP contribution in [-0.4, -0.2) is 31.1 Å². The molecule has 114 valence electrons. The van der Waals surface area contributed by atoms with Gasteiger partial charge in [-0.3, -0.25) is 9.59 Å². The summed E-state index contributed by atoms with van der Waals surface area (Å²) in [5.41, 5.74) is 1.51. The Kier molecular flexibility index (Phi) is 4.73. The van der Waals surface area contributed by atoms with Crippen molar-refractivity contribution in [3.8, 4) is 0 Å². The van der Waals surface area contributed by atoms with Crippen molar-refractivity contribution < 1.29 is 14.7 Å². The topological polar surface area (TPSA) is 69.6 Å². The second-order valence-corrected chi connectivity index (χ2v) is 6.00. The Balaban J connectivity index is 2.00. The van der Waals surface area contributed by atoms with Gasteiger partial charge in [-0.2, -0.15) is 0 Å². The fourth-order valence-corrected chi connectivity index (χ4v) is 2.99. The maximum atomic E-state index is 12.2. The largest absolute Gasteiger partial charge is 0.481 e. The van der Waals surface area contributed by atoms with Gasteiger partial charge in [-0.05, 0) is 37.5 Å². The number of carboxylic acids is 1. The number of hydrogen-bond acceptors (Lipinski definition) is 3. The summed E-state index contributed by atoms with van der Waals surface area (Å²) in [6, 6.07) is 5.34. The fourth-order valence-electron chi connectivity index (χ4n) is 2.64. The molecule has 0 radical (unpaired) electrons. The Morgan fingerprint density at radius 3 is 2.48 bits per heavy atom. The van der Waals surface area contributed by atoms with E-state index in [1.54, 1.807) is 12.1 Å². The van der Waals surface area contributed by atoms with E-state index in [1.165, 1.54) is 0 Å². The molecule has 1 aromatic carbocycles. The monoisotopic (exact) mass is 310 g/mol. The predicted molar refractivity (Wildman–Crippen MR) is 82.9 cm³/mol. The Morgan fingerprint density at radius 1 is 1.29 bits per heavy atom. The number of benzene rings is 1. The number of amides is 1. The lowest BCUT2D eigenvalue weighted by Crippen LogP contribution is -2.21. The molecule has 1 aliphatic rings. The van der Waals surface area contributed by atoms with Crippen LogP contribution in [0.25, 0.3) is 0 Å². The third kappa shape index (κ3) is 3.67. The minimum atomic E-state index is -0.816. The van der Waals surface area contributed by atoms with Crippen molar-refractivity contribution in [3.63, 3.8) is 0 Å². The van der Waals surface area contributed by atoms with E-state index in [2.05, 4.69) is 5.32 Å². The summed E-state index contributed by atoms with van der Waals surface area (Å²) in [5.74, 6) is -1.59. The zero-order chi connectivity index (χ0) is 15.6. The SMILES string of the molecule is CN(C)c1ccc(NC(=O)C2CCC(C(=O)O)C2)cc1Cl. The van der Waals surface area contributed by atoms with Crippen molar-refractivity contribution in [2.24, 2.45) is 11.8 Å². The molecule has 2 N–H and O–H groups in total. The molecule has 0 spiro atoms. The predicted octanol–water partition coefficient (Wildman–Crippen LogP) is 2.85. The van der Waals surface area contributed by atoms with Crippen molar-refractivity contribution in [1.82, 2.24) is 0 Å². The first kappa shape index (κ1) is 15.6. The first-order valence-corrected chi connectivity index (χ1v) is 7.27. The van der Waals surface area contributed by atoms with Crippen LogP contribution < -0.4 is 10.2 Å². The number of carboxylic acid groups (broad SMARTS) is 1. The van der Waals surface area contributed by atoms with Gasteiger partial charge in [-0.25, -0.2) is 0 Å². The van der Waals surface area contributed by atoms with Crippen LogP contribution in [0.1, 0.15) is 19.3 Å². The lowest BCUT2D eigenvalue weighted by molar-refractivity contribution is -0.141. The third-order valence-electron chi connectivity index (χ3n) is 3.85. The molecule has 1 aliphatic carbocycles. The molecule has 0 aliphatic heterocycles. The summed E-state index contributed by atoms with van der Waals surface area (Å²) < 4.78 is 0. The summed E-state index contributed by atoms with van der Waals surface area (Å²) in [5, 5.41) is 12.3. The van der Waals surface area contributed by atoms with Crippen molar-refractivity contribution >= 4 is 34.9 Å². The molecule has 0 aromatic heterocycles. The van der Waals surface area contributed by atoms with Crippen LogP contribution in [0.5, 0.6) is 0 Å². The second kappa shape index (κ2) is 6.35. The molecular weight excluding hydrogens is 292 g/mol. The van der Waals surface area contributed by atoms with Crippen molar-refractivity contribution in [1.29, 1.82) is 0 Å². The van der Waals surface area contributed by atoms with Gasteiger partial charge in [0.05, 0.1) is 16.6 Å². The van der Waals surface area contributed by atoms with E-state index < -0.39 is 11.9 Å². The molecule has 2 rings (SSSR count). The lowest BCUT2D eigenvalue weighted by atomic mass is 10.0. The minimum Gasteiger partial charge on any atom is -0.481 e. The van der Waals surface area contributed by atoms with Gasteiger partial charge in [0.2, 0.25) is 5.91 Å². The first-order valence-electron chi connectivity index (χ1n) is 6.89. The van der Waals surface area contributed by atoms with Crippen LogP contribution in [0.3, 0.4) is 0 Å². The zero-order valence-electron chi connectivity index (χ0n) is 12.1. The number of anilines is 2. The Labute approximate surface area is 128 Å². The molecule has 1 fully saturated rings. The lowest BCUT2D eigenvalue weighted by Gasteiger charge is -2.16. The van der Waals surface area contributed by atoms with Gasteiger partial charge >= 0.3 is 5.97 Å². The quantitative estimate of drug-likeness (QED) is 0.897. The summed E-state index contributed by atoms with van der Waals surface area (Å²) in [4.78, 5) is 25.0. The number of rotatable bonds is 4. The smallest absolute Gasteiger partial charge is 0.306 e. The van der Waals surface area contributed by atoms with Gasteiger partial charge in [-0.1, -0.05) is 11.6 Å². The third-order valence-corrected chi connectivity index (χ3v) is 4.15. The average Bonchev–Trinajstić information content (AvgIpc) is 2.88. The number of nitrogens with zero attached hydrogens (tertiary/aromatic N) is 1. The maximum absolute atomic E-state index is 12.2. The summed E-state index contributed by atoms with van der Waals surface area (Å²) in [6.45, 7) is 0. The molecule has 2 atom stereocenters. The molecular formula is C15H19ClN2O3. The van der Waals surface area contributed by atoms with Crippen molar-refractivity contribution in [3.05, 3.63) is 23.2 Å². The highest BCUT2D eigenvalue weighted by molar-refractivity contribution is 6.33. The number of aliphatic carboxylic acids is 1. The molecule has 1 aromatic rings. The standard InChI is InChI=1S/C15H19ClN2O3/c1-18(2)13-6-5-11(8-12(13)16)17-14(19)9-3-4-10(7-9)15(20)21/h5-6,8-10H,3-4,7H2,1-2H3,(H,17,19)(H,20,21). The molecule has 0 bridgehead atoms. The molecule has 0 heterocycles. The molecule has 2 unspecified atom stereocenters. The van der Waals surface area contributed by atoms with E-state index in [0.29, 0.717) is 30.0 Å². The van der Waals surface area contributed by atoms with Gasteiger partial charge in [0, 0.05) is 25.7 Å². The summed E-state index contributed by atoms with van der Waals surface area (Å²) in [7, 11) is 3.79. The van der Waals surface area contributed by atoms with E-state index in [-0.39, 0.29) is 11.8 Å². The van der Waals surface area contributed by atoms with Crippen LogP contribution in [0, 0.1) is 11.8 Å². The zero-order valence-corrected chi connectivity index (χ0v) is 12.9. The highest BCUT2D eigenvalue weighted by Gasteiger charge is 2.33. The number of halogens is 1. The molecule has 21 heavy (non-hydrogen) atoms. The van der Waals surface area contributed by atoms with Gasteiger partial charge in [0.15, 0.2) is 0 Å². The Morgan fingerprint density at radius 2 is 1.95 bits per heavy atom. The number of hydrogen-bond donors (Lipinski definition) is 2. The molecule has 1 saturated carbocycles. The van der Waals surface area contributed by atoms with Crippen LogP contribution in [0.2, 0.25) is 5.02 Å². The summed E-state index contributed by atoms with van der Waals surface area (Å²) in [6.07, 6.45) is 1.59. The molecule has 6 heteroatoms. The van der Waals surface area contributed by atoms with E-state index in [1.807, 2.05) is 25.1 Å². The fraction of sp³-hybridized carbons (Fsp3) is 0.467. The van der Waals surface area contributed by atoms with Gasteiger partial charge < -0.3 is 15.3 Å². The van der Waals surface area contributed by atoms with Crippen LogP contribution in [0.4, 0.5) is 11.4 Å². The molecule has 5 nitrogen and oxygen atoms in total. The number of nitrogens with one attached hydrogen (secondary N) is 1. The van der Waals surface area contributed by atoms with Gasteiger partial charge in [0.25, 0.3) is 0 Å². The normalized spacial score (nSPS) is 21.1. The van der Waals surface area contributed by atoms with Crippen LogP contribution in [-0.2, 0) is 9.59 Å². The van der Waals surface area contributed by atoms with Crippen molar-refractivity contribution in [2.45, 2.75) is 19.3 Å².